The summed E-state index contributed by atoms with van der Waals surface area (Å²) >= 11 is 0. The number of amides is 1. The number of nitrogen functional groups attached to an aromatic ring is 1. The van der Waals surface area contributed by atoms with Crippen LogP contribution >= 0.6 is 0 Å². The zero-order valence-electron chi connectivity index (χ0n) is 11.4. The van der Waals surface area contributed by atoms with Gasteiger partial charge in [-0.15, -0.1) is 0 Å². The van der Waals surface area contributed by atoms with E-state index in [1.165, 1.54) is 6.33 Å². The van der Waals surface area contributed by atoms with Gasteiger partial charge in [0.15, 0.2) is 11.5 Å². The van der Waals surface area contributed by atoms with Crippen LogP contribution in [0.4, 0.5) is 5.82 Å². The summed E-state index contributed by atoms with van der Waals surface area (Å²) in [6.07, 6.45) is 2.52. The number of carbonyl (C=O) groups excluding carboxylic acids is 1. The summed E-state index contributed by atoms with van der Waals surface area (Å²) in [6, 6.07) is -0.300. The number of carbonyl (C=O) groups is 1. The molecule has 1 saturated heterocycles. The van der Waals surface area contributed by atoms with E-state index in [2.05, 4.69) is 15.0 Å². The van der Waals surface area contributed by atoms with Gasteiger partial charge in [0.1, 0.15) is 11.8 Å². The molecule has 2 aromatic rings. The minimum absolute atomic E-state index is 0.0578. The van der Waals surface area contributed by atoms with E-state index in [0.29, 0.717) is 30.1 Å². The second-order valence-corrected chi connectivity index (χ2v) is 5.06. The highest BCUT2D eigenvalue weighted by Crippen LogP contribution is 2.26. The Labute approximate surface area is 120 Å². The van der Waals surface area contributed by atoms with Gasteiger partial charge in [0.25, 0.3) is 0 Å². The molecule has 2 aromatic heterocycles. The lowest BCUT2D eigenvalue weighted by Gasteiger charge is -2.16. The Bertz CT molecular complexity index is 671. The first-order chi connectivity index (χ1) is 10.1. The van der Waals surface area contributed by atoms with Gasteiger partial charge in [0, 0.05) is 26.1 Å². The first kappa shape index (κ1) is 13.7. The van der Waals surface area contributed by atoms with Gasteiger partial charge >= 0.3 is 0 Å². The Morgan fingerprint density at radius 1 is 1.38 bits per heavy atom. The summed E-state index contributed by atoms with van der Waals surface area (Å²) in [4.78, 5) is 25.7. The Morgan fingerprint density at radius 3 is 2.95 bits per heavy atom. The van der Waals surface area contributed by atoms with Crippen LogP contribution in [0.5, 0.6) is 0 Å². The fourth-order valence-corrected chi connectivity index (χ4v) is 2.64. The lowest BCUT2D eigenvalue weighted by Crippen LogP contribution is -2.31. The van der Waals surface area contributed by atoms with E-state index in [9.17, 15) is 9.90 Å². The number of hydrogen-bond donors (Lipinski definition) is 3. The molecule has 3 heterocycles. The third-order valence-electron chi connectivity index (χ3n) is 3.71. The van der Waals surface area contributed by atoms with Gasteiger partial charge in [-0.05, 0) is 0 Å². The molecule has 1 aliphatic rings. The summed E-state index contributed by atoms with van der Waals surface area (Å²) in [5, 5.41) is 10.2. The maximum absolute atomic E-state index is 11.9. The number of aliphatic hydroxyl groups excluding tert-OH is 1. The van der Waals surface area contributed by atoms with Gasteiger partial charge in [-0.2, -0.15) is 0 Å². The fourth-order valence-electron chi connectivity index (χ4n) is 2.64. The molecule has 0 spiro atoms. The Morgan fingerprint density at radius 2 is 2.19 bits per heavy atom. The Hall–Kier alpha value is -2.26. The third kappa shape index (κ3) is 2.30. The maximum Gasteiger partial charge on any atom is 0.224 e. The standard InChI is InChI=1S/C12H17N7O2/c13-2-1-9(21)18-3-7(8(20)4-18)19-6-17-10-11(14)15-5-16-12(10)19/h5-8,20H,1-4,13H2,(H2,14,15,16)/t7-,8-/m1/s1. The van der Waals surface area contributed by atoms with E-state index >= 15 is 0 Å². The van der Waals surface area contributed by atoms with Crippen LogP contribution < -0.4 is 11.5 Å². The van der Waals surface area contributed by atoms with Crippen molar-refractivity contribution in [1.29, 1.82) is 0 Å². The molecule has 1 amide bonds. The van der Waals surface area contributed by atoms with Gasteiger partial charge in [0.05, 0.1) is 18.5 Å². The fraction of sp³-hybridized carbons (Fsp3) is 0.500. The molecule has 9 heteroatoms. The predicted molar refractivity (Wildman–Crippen MR) is 75.0 cm³/mol. The normalized spacial score (nSPS) is 22.1. The van der Waals surface area contributed by atoms with Crippen molar-refractivity contribution >= 4 is 22.9 Å². The number of anilines is 1. The van der Waals surface area contributed by atoms with Crippen LogP contribution in [0.25, 0.3) is 11.2 Å². The van der Waals surface area contributed by atoms with Crippen LogP contribution in [0, 0.1) is 0 Å². The zero-order chi connectivity index (χ0) is 15.0. The summed E-state index contributed by atoms with van der Waals surface area (Å²) in [6.45, 7) is 0.979. The molecule has 3 rings (SSSR count). The largest absolute Gasteiger partial charge is 0.389 e. The number of fused-ring (bicyclic) bond motifs is 1. The lowest BCUT2D eigenvalue weighted by atomic mass is 10.2. The molecular formula is C12H17N7O2. The quantitative estimate of drug-likeness (QED) is 0.626. The molecule has 21 heavy (non-hydrogen) atoms. The molecule has 2 atom stereocenters. The van der Waals surface area contributed by atoms with Crippen LogP contribution in [0.3, 0.4) is 0 Å². The van der Waals surface area contributed by atoms with Crippen LogP contribution in [0.15, 0.2) is 12.7 Å². The molecule has 0 bridgehead atoms. The van der Waals surface area contributed by atoms with Crippen molar-refractivity contribution in [1.82, 2.24) is 24.4 Å². The number of nitrogens with zero attached hydrogens (tertiary/aromatic N) is 5. The first-order valence-corrected chi connectivity index (χ1v) is 6.70. The number of imidazole rings is 1. The first-order valence-electron chi connectivity index (χ1n) is 6.70. The highest BCUT2D eigenvalue weighted by Gasteiger charge is 2.35. The highest BCUT2D eigenvalue weighted by atomic mass is 16.3. The van der Waals surface area contributed by atoms with Crippen molar-refractivity contribution in [3.8, 4) is 0 Å². The third-order valence-corrected chi connectivity index (χ3v) is 3.71. The van der Waals surface area contributed by atoms with E-state index in [0.717, 1.165) is 0 Å². The smallest absolute Gasteiger partial charge is 0.224 e. The average molecular weight is 291 g/mol. The van der Waals surface area contributed by atoms with E-state index in [-0.39, 0.29) is 24.9 Å². The van der Waals surface area contributed by atoms with Crippen LogP contribution in [0.1, 0.15) is 12.5 Å². The SMILES string of the molecule is NCCC(=O)N1C[C@@H](O)[C@H](n2cnc3c(N)ncnc32)C1. The lowest BCUT2D eigenvalue weighted by molar-refractivity contribution is -0.130. The highest BCUT2D eigenvalue weighted by molar-refractivity contribution is 5.81. The van der Waals surface area contributed by atoms with Crippen molar-refractivity contribution in [2.24, 2.45) is 5.73 Å². The topological polar surface area (TPSA) is 136 Å². The van der Waals surface area contributed by atoms with Gasteiger partial charge in [-0.1, -0.05) is 0 Å². The van der Waals surface area contributed by atoms with E-state index < -0.39 is 6.10 Å². The zero-order valence-corrected chi connectivity index (χ0v) is 11.4. The number of likely N-dealkylation sites (tertiary alicyclic amines) is 1. The van der Waals surface area contributed by atoms with Crippen molar-refractivity contribution < 1.29 is 9.90 Å². The van der Waals surface area contributed by atoms with E-state index in [4.69, 9.17) is 11.5 Å². The Kier molecular flexibility index (Phi) is 3.43. The molecule has 1 aliphatic heterocycles. The maximum atomic E-state index is 11.9. The van der Waals surface area contributed by atoms with Crippen molar-refractivity contribution in [3.05, 3.63) is 12.7 Å². The van der Waals surface area contributed by atoms with Gasteiger partial charge in [0.2, 0.25) is 5.91 Å². The van der Waals surface area contributed by atoms with Crippen LogP contribution in [-0.2, 0) is 4.79 Å². The second kappa shape index (κ2) is 5.26. The minimum Gasteiger partial charge on any atom is -0.389 e. The molecule has 0 unspecified atom stereocenters. The van der Waals surface area contributed by atoms with Crippen molar-refractivity contribution in [3.63, 3.8) is 0 Å². The van der Waals surface area contributed by atoms with Crippen LogP contribution in [0.2, 0.25) is 0 Å². The molecule has 5 N–H and O–H groups in total. The second-order valence-electron chi connectivity index (χ2n) is 5.06. The van der Waals surface area contributed by atoms with Crippen molar-refractivity contribution in [2.45, 2.75) is 18.6 Å². The molecule has 9 nitrogen and oxygen atoms in total. The average Bonchev–Trinajstić information content (AvgIpc) is 3.03. The Balaban J connectivity index is 1.89. The molecule has 0 radical (unpaired) electrons. The van der Waals surface area contributed by atoms with Gasteiger partial charge in [-0.3, -0.25) is 4.79 Å². The van der Waals surface area contributed by atoms with Crippen LogP contribution in [-0.4, -0.2) is 61.2 Å². The molecule has 0 saturated carbocycles. The monoisotopic (exact) mass is 291 g/mol. The number of aromatic nitrogens is 4. The molecule has 0 aliphatic carbocycles. The number of β-amino-alcohol motifs (C(OH)–C–C–N with tert-alkyl or cyclic N) is 1. The van der Waals surface area contributed by atoms with Gasteiger partial charge in [-0.25, -0.2) is 15.0 Å². The van der Waals surface area contributed by atoms with Crippen molar-refractivity contribution in [2.75, 3.05) is 25.4 Å². The summed E-state index contributed by atoms with van der Waals surface area (Å²) in [5.74, 6) is 0.236. The van der Waals surface area contributed by atoms with E-state index in [1.54, 1.807) is 15.8 Å². The predicted octanol–water partition coefficient (Wildman–Crippen LogP) is -1.50. The number of nitrogens with two attached hydrogens (primary N) is 2. The minimum atomic E-state index is -0.680. The summed E-state index contributed by atoms with van der Waals surface area (Å²) in [5.41, 5.74) is 12.2. The van der Waals surface area contributed by atoms with E-state index in [1.807, 2.05) is 0 Å². The summed E-state index contributed by atoms with van der Waals surface area (Å²) in [7, 11) is 0. The number of hydrogen-bond acceptors (Lipinski definition) is 7. The molecule has 1 fully saturated rings. The number of aliphatic hydroxyl groups is 1. The van der Waals surface area contributed by atoms with Gasteiger partial charge < -0.3 is 26.0 Å². The molecule has 112 valence electrons. The molecule has 0 aromatic carbocycles. The summed E-state index contributed by atoms with van der Waals surface area (Å²) < 4.78 is 1.74. The number of rotatable bonds is 3. The molecular weight excluding hydrogens is 274 g/mol.